The number of rotatable bonds is 7. The smallest absolute Gasteiger partial charge is 0.283 e. The Morgan fingerprint density at radius 3 is 2.40 bits per heavy atom. The van der Waals surface area contributed by atoms with Crippen LogP contribution in [0.1, 0.15) is 18.9 Å². The molecular weight excluding hydrogens is 495 g/mol. The van der Waals surface area contributed by atoms with E-state index in [0.717, 1.165) is 17.0 Å². The van der Waals surface area contributed by atoms with Gasteiger partial charge in [-0.3, -0.25) is 4.79 Å². The number of nitrogens with one attached hydrogen (secondary N) is 1. The summed E-state index contributed by atoms with van der Waals surface area (Å²) in [6.45, 7) is 0.499. The van der Waals surface area contributed by atoms with E-state index in [0.29, 0.717) is 12.5 Å². The molecule has 6 nitrogen and oxygen atoms in total. The lowest BCUT2D eigenvalue weighted by Gasteiger charge is -2.34. The van der Waals surface area contributed by atoms with Crippen LogP contribution in [0.15, 0.2) is 36.4 Å². The number of sulfonamides is 1. The zero-order chi connectivity index (χ0) is 25.5. The van der Waals surface area contributed by atoms with Crippen molar-refractivity contribution < 1.29 is 39.9 Å². The molecule has 2 aliphatic rings. The summed E-state index contributed by atoms with van der Waals surface area (Å²) in [5.41, 5.74) is -0.392. The van der Waals surface area contributed by atoms with Crippen molar-refractivity contribution in [1.82, 2.24) is 9.62 Å². The van der Waals surface area contributed by atoms with Gasteiger partial charge in [0, 0.05) is 18.1 Å². The van der Waals surface area contributed by atoms with Gasteiger partial charge in [0.1, 0.15) is 29.6 Å². The first kappa shape index (κ1) is 25.5. The quantitative estimate of drug-likeness (QED) is 0.571. The highest BCUT2D eigenvalue weighted by Crippen LogP contribution is 2.37. The van der Waals surface area contributed by atoms with E-state index < -0.39 is 76.2 Å². The van der Waals surface area contributed by atoms with E-state index in [1.54, 1.807) is 0 Å². The largest absolute Gasteiger partial charge is 0.368 e. The summed E-state index contributed by atoms with van der Waals surface area (Å²) in [6, 6.07) is 2.99. The Bertz CT molecular complexity index is 1220. The Balaban J connectivity index is 1.73. The van der Waals surface area contributed by atoms with Gasteiger partial charge in [-0.15, -0.1) is 0 Å². The minimum Gasteiger partial charge on any atom is -0.368 e. The zero-order valence-electron chi connectivity index (χ0n) is 18.6. The summed E-state index contributed by atoms with van der Waals surface area (Å²) in [7, 11) is -4.11. The van der Waals surface area contributed by atoms with Gasteiger partial charge in [0.15, 0.2) is 0 Å². The van der Waals surface area contributed by atoms with Crippen LogP contribution in [-0.2, 0) is 26.0 Å². The summed E-state index contributed by atoms with van der Waals surface area (Å²) in [6.07, 6.45) is -1.07. The van der Waals surface area contributed by atoms with Gasteiger partial charge in [-0.2, -0.15) is 0 Å². The second-order valence-corrected chi connectivity index (χ2v) is 10.6. The molecule has 0 spiro atoms. The Kier molecular flexibility index (Phi) is 6.91. The first-order valence-electron chi connectivity index (χ1n) is 11.0. The van der Waals surface area contributed by atoms with Crippen LogP contribution in [0.3, 0.4) is 0 Å². The average molecular weight is 519 g/mol. The van der Waals surface area contributed by atoms with Crippen molar-refractivity contribution in [2.45, 2.75) is 43.9 Å². The molecule has 35 heavy (non-hydrogen) atoms. The number of hydrogen-bond donors (Lipinski definition) is 1. The number of halogens is 5. The molecule has 0 saturated carbocycles. The summed E-state index contributed by atoms with van der Waals surface area (Å²) >= 11 is 0. The van der Waals surface area contributed by atoms with Crippen molar-refractivity contribution >= 4 is 15.9 Å². The second kappa shape index (κ2) is 9.47. The van der Waals surface area contributed by atoms with Gasteiger partial charge in [-0.1, -0.05) is 18.2 Å². The van der Waals surface area contributed by atoms with E-state index in [1.807, 2.05) is 4.72 Å². The number of carbonyl (C=O) groups excluding carboxylic acids is 1. The first-order valence-corrected chi connectivity index (χ1v) is 12.6. The number of ether oxygens (including phenoxy) is 1. The molecule has 2 aromatic rings. The molecule has 3 atom stereocenters. The molecule has 12 heteroatoms. The molecule has 0 aromatic heterocycles. The second-order valence-electron chi connectivity index (χ2n) is 8.58. The predicted octanol–water partition coefficient (Wildman–Crippen LogP) is 3.26. The van der Waals surface area contributed by atoms with Crippen molar-refractivity contribution in [3.05, 3.63) is 59.4 Å². The lowest BCUT2D eigenvalue weighted by molar-refractivity contribution is -0.158. The Labute approximate surface area is 199 Å². The molecule has 2 saturated heterocycles. The molecular formula is C23H23F5N2O4S. The zero-order valence-corrected chi connectivity index (χ0v) is 19.4. The summed E-state index contributed by atoms with van der Waals surface area (Å²) < 4.78 is 104. The van der Waals surface area contributed by atoms with Gasteiger partial charge in [0.2, 0.25) is 10.0 Å². The standard InChI is InChI=1S/C23H23F5N2O4S/c1-2-35(32,33)29-21-18(30(12-23(21,27)28)22(31)19-6-7-34-19)10-13-4-3-5-17(20(13)26)14-8-15(24)11-16(25)9-14/h3-5,8-9,11,18-19,21,29H,2,6-7,10,12H2,1H3/t18-,19+,21+/m0/s1. The van der Waals surface area contributed by atoms with Crippen LogP contribution >= 0.6 is 0 Å². The third-order valence-electron chi connectivity index (χ3n) is 6.25. The van der Waals surface area contributed by atoms with Crippen LogP contribution in [0.25, 0.3) is 11.1 Å². The Morgan fingerprint density at radius 2 is 1.83 bits per heavy atom. The minimum absolute atomic E-state index is 0.0994. The maximum absolute atomic E-state index is 15.5. The normalized spacial score (nSPS) is 23.8. The fourth-order valence-corrected chi connectivity index (χ4v) is 5.21. The van der Waals surface area contributed by atoms with Crippen molar-refractivity contribution in [3.8, 4) is 11.1 Å². The summed E-state index contributed by atoms with van der Waals surface area (Å²) in [5, 5.41) is 0. The fourth-order valence-electron chi connectivity index (χ4n) is 4.33. The number of alkyl halides is 2. The monoisotopic (exact) mass is 518 g/mol. The summed E-state index contributed by atoms with van der Waals surface area (Å²) in [4.78, 5) is 13.7. The molecule has 0 unspecified atom stereocenters. The van der Waals surface area contributed by atoms with Gasteiger partial charge in [0.05, 0.1) is 24.9 Å². The molecule has 0 bridgehead atoms. The highest BCUT2D eigenvalue weighted by molar-refractivity contribution is 7.89. The van der Waals surface area contributed by atoms with E-state index in [9.17, 15) is 22.0 Å². The molecule has 1 amide bonds. The van der Waals surface area contributed by atoms with Gasteiger partial charge in [-0.05, 0) is 36.6 Å². The lowest BCUT2D eigenvalue weighted by atomic mass is 9.95. The van der Waals surface area contributed by atoms with E-state index in [1.165, 1.54) is 25.1 Å². The third-order valence-corrected chi connectivity index (χ3v) is 7.62. The molecule has 0 radical (unpaired) electrons. The van der Waals surface area contributed by atoms with Crippen molar-refractivity contribution in [3.63, 3.8) is 0 Å². The lowest BCUT2D eigenvalue weighted by Crippen LogP contribution is -2.54. The molecule has 1 N–H and O–H groups in total. The molecule has 4 rings (SSSR count). The number of hydrogen-bond acceptors (Lipinski definition) is 4. The number of nitrogens with zero attached hydrogens (tertiary/aromatic N) is 1. The molecule has 190 valence electrons. The SMILES string of the molecule is CCS(=O)(=O)N[C@@H]1[C@H](Cc2cccc(-c3cc(F)cc(F)c3)c2F)N(C(=O)[C@H]2CCO2)CC1(F)F. The van der Waals surface area contributed by atoms with Crippen LogP contribution in [0, 0.1) is 17.5 Å². The van der Waals surface area contributed by atoms with Crippen molar-refractivity contribution in [1.29, 1.82) is 0 Å². The van der Waals surface area contributed by atoms with Gasteiger partial charge < -0.3 is 9.64 Å². The minimum atomic E-state index is -4.11. The average Bonchev–Trinajstić information content (AvgIpc) is 2.97. The molecule has 2 aromatic carbocycles. The molecule has 2 heterocycles. The predicted molar refractivity (Wildman–Crippen MR) is 117 cm³/mol. The van der Waals surface area contributed by atoms with Crippen molar-refractivity contribution in [2.24, 2.45) is 0 Å². The van der Waals surface area contributed by atoms with E-state index in [4.69, 9.17) is 4.74 Å². The molecule has 2 aliphatic heterocycles. The van der Waals surface area contributed by atoms with Gasteiger partial charge in [-0.25, -0.2) is 35.1 Å². The topological polar surface area (TPSA) is 75.7 Å². The first-order chi connectivity index (χ1) is 16.4. The van der Waals surface area contributed by atoms with Crippen LogP contribution in [0.4, 0.5) is 22.0 Å². The summed E-state index contributed by atoms with van der Waals surface area (Å²) in [5.74, 6) is -7.61. The van der Waals surface area contributed by atoms with Crippen LogP contribution < -0.4 is 4.72 Å². The van der Waals surface area contributed by atoms with Crippen LogP contribution in [0.2, 0.25) is 0 Å². The van der Waals surface area contributed by atoms with Gasteiger partial charge in [0.25, 0.3) is 11.8 Å². The van der Waals surface area contributed by atoms with Crippen molar-refractivity contribution in [2.75, 3.05) is 18.9 Å². The Hall–Kier alpha value is -2.57. The highest BCUT2D eigenvalue weighted by Gasteiger charge is 2.58. The Morgan fingerprint density at radius 1 is 1.17 bits per heavy atom. The fraction of sp³-hybridized carbons (Fsp3) is 0.435. The van der Waals surface area contributed by atoms with Gasteiger partial charge >= 0.3 is 0 Å². The maximum atomic E-state index is 15.5. The highest BCUT2D eigenvalue weighted by atomic mass is 32.2. The number of carbonyl (C=O) groups is 1. The number of likely N-dealkylation sites (tertiary alicyclic amines) is 1. The van der Waals surface area contributed by atoms with E-state index in [-0.39, 0.29) is 23.3 Å². The number of benzene rings is 2. The molecule has 2 fully saturated rings. The maximum Gasteiger partial charge on any atom is 0.283 e. The molecule has 0 aliphatic carbocycles. The third kappa shape index (κ3) is 5.19. The number of amides is 1. The van der Waals surface area contributed by atoms with E-state index >= 15 is 13.2 Å². The van der Waals surface area contributed by atoms with Crippen LogP contribution in [-0.4, -0.2) is 62.2 Å². The van der Waals surface area contributed by atoms with Crippen LogP contribution in [0.5, 0.6) is 0 Å². The van der Waals surface area contributed by atoms with E-state index in [2.05, 4.69) is 0 Å².